The molecule has 2 aromatic rings. The molecule has 0 bridgehead atoms. The van der Waals surface area contributed by atoms with Gasteiger partial charge in [-0.1, -0.05) is 20.3 Å². The van der Waals surface area contributed by atoms with Crippen molar-refractivity contribution in [2.75, 3.05) is 25.0 Å². The zero-order valence-electron chi connectivity index (χ0n) is 19.2. The number of benzene rings is 1. The summed E-state index contributed by atoms with van der Waals surface area (Å²) in [5, 5.41) is 2.96. The van der Waals surface area contributed by atoms with E-state index in [0.717, 1.165) is 36.5 Å². The SMILES string of the molecule is CC(C)C1CCCc2[nH]c(C=C3C(=O)Nc4ccc(C(=O)CN5CCCCC5)cc43)cc21. The monoisotopic (exact) mass is 431 g/mol. The first-order valence-corrected chi connectivity index (χ1v) is 12.1. The van der Waals surface area contributed by atoms with Crippen molar-refractivity contribution in [3.05, 3.63) is 52.3 Å². The summed E-state index contributed by atoms with van der Waals surface area (Å²) in [5.74, 6) is 1.21. The maximum absolute atomic E-state index is 12.9. The lowest BCUT2D eigenvalue weighted by molar-refractivity contribution is -0.110. The molecule has 2 aliphatic heterocycles. The number of carbonyl (C=O) groups is 2. The number of ketones is 1. The molecule has 0 radical (unpaired) electrons. The van der Waals surface area contributed by atoms with E-state index in [0.29, 0.717) is 29.5 Å². The van der Waals surface area contributed by atoms with Crippen LogP contribution in [0.15, 0.2) is 24.3 Å². The van der Waals surface area contributed by atoms with Crippen LogP contribution in [0.1, 0.15) is 84.7 Å². The number of H-pyrrole nitrogens is 1. The van der Waals surface area contributed by atoms with Crippen molar-refractivity contribution < 1.29 is 9.59 Å². The van der Waals surface area contributed by atoms with Crippen molar-refractivity contribution in [2.24, 2.45) is 5.92 Å². The predicted molar refractivity (Wildman–Crippen MR) is 129 cm³/mol. The average molecular weight is 432 g/mol. The number of nitrogens with zero attached hydrogens (tertiary/aromatic N) is 1. The average Bonchev–Trinajstić information content (AvgIpc) is 3.34. The highest BCUT2D eigenvalue weighted by molar-refractivity contribution is 6.35. The molecule has 1 amide bonds. The number of piperidine rings is 1. The van der Waals surface area contributed by atoms with Gasteiger partial charge in [-0.2, -0.15) is 0 Å². The number of likely N-dealkylation sites (tertiary alicyclic amines) is 1. The predicted octanol–water partition coefficient (Wildman–Crippen LogP) is 5.25. The lowest BCUT2D eigenvalue weighted by atomic mass is 9.80. The molecule has 3 aliphatic rings. The minimum Gasteiger partial charge on any atom is -0.359 e. The molecule has 1 atom stereocenters. The summed E-state index contributed by atoms with van der Waals surface area (Å²) in [6, 6.07) is 7.83. The van der Waals surface area contributed by atoms with Crippen LogP contribution >= 0.6 is 0 Å². The number of amides is 1. The zero-order valence-corrected chi connectivity index (χ0v) is 19.2. The van der Waals surface area contributed by atoms with E-state index in [2.05, 4.69) is 35.1 Å². The molecule has 0 saturated carbocycles. The third-order valence-electron chi connectivity index (χ3n) is 7.34. The first-order valence-electron chi connectivity index (χ1n) is 12.1. The van der Waals surface area contributed by atoms with Crippen molar-refractivity contribution in [2.45, 2.75) is 58.3 Å². The first-order chi connectivity index (χ1) is 15.5. The van der Waals surface area contributed by atoms with E-state index >= 15 is 0 Å². The number of aromatic nitrogens is 1. The molecule has 1 aromatic carbocycles. The molecule has 0 spiro atoms. The van der Waals surface area contributed by atoms with E-state index in [-0.39, 0.29) is 11.7 Å². The standard InChI is InChI=1S/C27H33N3O2/c1-17(2)20-7-6-8-24-22(20)14-19(28-24)15-23-21-13-18(9-10-25(21)29-27(23)32)26(31)16-30-11-4-3-5-12-30/h9-10,13-15,17,20,28H,3-8,11-12,16H2,1-2H3,(H,29,32). The number of aryl methyl sites for hydroxylation is 1. The van der Waals surface area contributed by atoms with E-state index in [1.807, 2.05) is 24.3 Å². The maximum Gasteiger partial charge on any atom is 0.256 e. The zero-order chi connectivity index (χ0) is 22.2. The Morgan fingerprint density at radius 2 is 1.97 bits per heavy atom. The fourth-order valence-electron chi connectivity index (χ4n) is 5.57. The van der Waals surface area contributed by atoms with E-state index < -0.39 is 0 Å². The van der Waals surface area contributed by atoms with Crippen LogP contribution in [0.3, 0.4) is 0 Å². The van der Waals surface area contributed by atoms with Crippen molar-refractivity contribution in [3.8, 4) is 0 Å². The van der Waals surface area contributed by atoms with Crippen LogP contribution in [0.25, 0.3) is 11.6 Å². The fourth-order valence-corrected chi connectivity index (χ4v) is 5.57. The summed E-state index contributed by atoms with van der Waals surface area (Å²) >= 11 is 0. The minimum absolute atomic E-state index is 0.103. The number of anilines is 1. The highest BCUT2D eigenvalue weighted by Crippen LogP contribution is 2.39. The normalized spacial score (nSPS) is 22.2. The Morgan fingerprint density at radius 1 is 1.16 bits per heavy atom. The molecule has 2 N–H and O–H groups in total. The van der Waals surface area contributed by atoms with Crippen LogP contribution in [0, 0.1) is 5.92 Å². The molecule has 5 nitrogen and oxygen atoms in total. The second-order valence-electron chi connectivity index (χ2n) is 9.93. The van der Waals surface area contributed by atoms with Gasteiger partial charge in [0, 0.05) is 28.2 Å². The van der Waals surface area contributed by atoms with Gasteiger partial charge in [0.2, 0.25) is 0 Å². The molecule has 1 fully saturated rings. The largest absolute Gasteiger partial charge is 0.359 e. The van der Waals surface area contributed by atoms with Gasteiger partial charge in [-0.25, -0.2) is 0 Å². The van der Waals surface area contributed by atoms with Crippen LogP contribution in [-0.4, -0.2) is 41.2 Å². The molecule has 168 valence electrons. The maximum atomic E-state index is 12.9. The Kier molecular flexibility index (Phi) is 5.76. The number of hydrogen-bond acceptors (Lipinski definition) is 3. The van der Waals surface area contributed by atoms with E-state index in [9.17, 15) is 9.59 Å². The highest BCUT2D eigenvalue weighted by Gasteiger charge is 2.28. The Balaban J connectivity index is 1.42. The number of nitrogens with one attached hydrogen (secondary N) is 2. The number of hydrogen-bond donors (Lipinski definition) is 2. The van der Waals surface area contributed by atoms with Gasteiger partial charge in [0.25, 0.3) is 5.91 Å². The van der Waals surface area contributed by atoms with Crippen LogP contribution in [0.4, 0.5) is 5.69 Å². The van der Waals surface area contributed by atoms with Crippen molar-refractivity contribution >= 4 is 29.0 Å². The van der Waals surface area contributed by atoms with Gasteiger partial charge in [-0.15, -0.1) is 0 Å². The number of aromatic amines is 1. The quantitative estimate of drug-likeness (QED) is 0.502. The number of fused-ring (bicyclic) bond motifs is 2. The smallest absolute Gasteiger partial charge is 0.256 e. The highest BCUT2D eigenvalue weighted by atomic mass is 16.2. The van der Waals surface area contributed by atoms with Gasteiger partial charge in [0.15, 0.2) is 5.78 Å². The fraction of sp³-hybridized carbons (Fsp3) is 0.481. The molecule has 1 aliphatic carbocycles. The van der Waals surface area contributed by atoms with Gasteiger partial charge in [-0.05, 0) is 92.9 Å². The molecule has 32 heavy (non-hydrogen) atoms. The van der Waals surface area contributed by atoms with Gasteiger partial charge >= 0.3 is 0 Å². The molecule has 5 heteroatoms. The summed E-state index contributed by atoms with van der Waals surface area (Å²) in [6.07, 6.45) is 9.05. The number of carbonyl (C=O) groups excluding carboxylic acids is 2. The third kappa shape index (κ3) is 4.06. The summed E-state index contributed by atoms with van der Waals surface area (Å²) in [7, 11) is 0. The molecule has 3 heterocycles. The number of Topliss-reactive ketones (excluding diaryl/α,β-unsaturated/α-hetero) is 1. The topological polar surface area (TPSA) is 65.2 Å². The van der Waals surface area contributed by atoms with Crippen molar-refractivity contribution in [1.29, 1.82) is 0 Å². The number of rotatable bonds is 5. The van der Waals surface area contributed by atoms with Crippen LogP contribution < -0.4 is 5.32 Å². The summed E-state index contributed by atoms with van der Waals surface area (Å²) in [6.45, 7) is 7.02. The summed E-state index contributed by atoms with van der Waals surface area (Å²) in [5.41, 5.74) is 6.62. The lowest BCUT2D eigenvalue weighted by Crippen LogP contribution is -2.34. The van der Waals surface area contributed by atoms with Gasteiger partial charge in [-0.3, -0.25) is 14.5 Å². The van der Waals surface area contributed by atoms with Crippen LogP contribution in [0.2, 0.25) is 0 Å². The first kappa shape index (κ1) is 21.2. The molecular formula is C27H33N3O2. The second kappa shape index (κ2) is 8.70. The van der Waals surface area contributed by atoms with E-state index in [1.165, 1.54) is 43.4 Å². The molecule has 5 rings (SSSR count). The van der Waals surface area contributed by atoms with Crippen LogP contribution in [0.5, 0.6) is 0 Å². The Hall–Kier alpha value is -2.66. The van der Waals surface area contributed by atoms with Crippen LogP contribution in [-0.2, 0) is 11.2 Å². The van der Waals surface area contributed by atoms with Gasteiger partial charge in [0.1, 0.15) is 0 Å². The summed E-state index contributed by atoms with van der Waals surface area (Å²) < 4.78 is 0. The van der Waals surface area contributed by atoms with E-state index in [4.69, 9.17) is 0 Å². The Labute approximate surface area is 190 Å². The van der Waals surface area contributed by atoms with Crippen molar-refractivity contribution in [3.63, 3.8) is 0 Å². The third-order valence-corrected chi connectivity index (χ3v) is 7.34. The Morgan fingerprint density at radius 3 is 2.75 bits per heavy atom. The molecule has 1 unspecified atom stereocenters. The van der Waals surface area contributed by atoms with E-state index in [1.54, 1.807) is 0 Å². The minimum atomic E-state index is -0.103. The van der Waals surface area contributed by atoms with Gasteiger partial charge < -0.3 is 10.3 Å². The molecule has 1 aromatic heterocycles. The summed E-state index contributed by atoms with van der Waals surface area (Å²) in [4.78, 5) is 31.5. The van der Waals surface area contributed by atoms with Crippen molar-refractivity contribution in [1.82, 2.24) is 9.88 Å². The molecular weight excluding hydrogens is 398 g/mol. The Bertz CT molecular complexity index is 1070. The molecule has 1 saturated heterocycles. The van der Waals surface area contributed by atoms with Gasteiger partial charge in [0.05, 0.1) is 12.1 Å². The lowest BCUT2D eigenvalue weighted by Gasteiger charge is -2.25. The second-order valence-corrected chi connectivity index (χ2v) is 9.93.